The van der Waals surface area contributed by atoms with Crippen LogP contribution >= 0.6 is 0 Å². The van der Waals surface area contributed by atoms with E-state index in [1.165, 1.54) is 0 Å². The molecular formula is C8H17NO2. The van der Waals surface area contributed by atoms with E-state index in [2.05, 4.69) is 18.7 Å². The van der Waals surface area contributed by atoms with Gasteiger partial charge in [0.1, 0.15) is 0 Å². The van der Waals surface area contributed by atoms with Crippen LogP contribution in [0.3, 0.4) is 0 Å². The zero-order chi connectivity index (χ0) is 8.54. The molecule has 1 aliphatic rings. The molecule has 0 amide bonds. The van der Waals surface area contributed by atoms with Crippen LogP contribution in [0.15, 0.2) is 0 Å². The summed E-state index contributed by atoms with van der Waals surface area (Å²) in [5.41, 5.74) is 5.18. The molecule has 1 saturated carbocycles. The third-order valence-electron chi connectivity index (χ3n) is 2.41. The van der Waals surface area contributed by atoms with Gasteiger partial charge < -0.3 is 5.73 Å². The lowest BCUT2D eigenvalue weighted by molar-refractivity contribution is -0.335. The van der Waals surface area contributed by atoms with E-state index < -0.39 is 5.72 Å². The summed E-state index contributed by atoms with van der Waals surface area (Å²) in [5.74, 6) is 0. The molecule has 3 N–H and O–H groups in total. The fourth-order valence-electron chi connectivity index (χ4n) is 1.93. The topological polar surface area (TPSA) is 55.5 Å². The van der Waals surface area contributed by atoms with Gasteiger partial charge in [-0.1, -0.05) is 13.8 Å². The summed E-state index contributed by atoms with van der Waals surface area (Å²) >= 11 is 0. The van der Waals surface area contributed by atoms with Crippen LogP contribution in [0.25, 0.3) is 0 Å². The van der Waals surface area contributed by atoms with E-state index in [-0.39, 0.29) is 5.41 Å². The fraction of sp³-hybridized carbons (Fsp3) is 1.00. The van der Waals surface area contributed by atoms with Gasteiger partial charge in [0.2, 0.25) is 0 Å². The predicted molar refractivity (Wildman–Crippen MR) is 42.9 cm³/mol. The van der Waals surface area contributed by atoms with Gasteiger partial charge in [-0.2, -0.15) is 0 Å². The SMILES string of the molecule is CC1(C)CCCC(N)(OO)C1. The zero-order valence-electron chi connectivity index (χ0n) is 7.26. The van der Waals surface area contributed by atoms with Crippen molar-refractivity contribution >= 4 is 0 Å². The molecule has 0 bridgehead atoms. The van der Waals surface area contributed by atoms with Gasteiger partial charge in [0.05, 0.1) is 0 Å². The molecule has 3 nitrogen and oxygen atoms in total. The van der Waals surface area contributed by atoms with Crippen molar-refractivity contribution in [1.82, 2.24) is 0 Å². The molecule has 66 valence electrons. The van der Waals surface area contributed by atoms with Crippen LogP contribution in [0.5, 0.6) is 0 Å². The van der Waals surface area contributed by atoms with Crippen molar-refractivity contribution in [2.24, 2.45) is 11.1 Å². The van der Waals surface area contributed by atoms with Gasteiger partial charge in [-0.3, -0.25) is 0 Å². The Hall–Kier alpha value is -0.120. The molecule has 0 heterocycles. The molecule has 1 fully saturated rings. The predicted octanol–water partition coefficient (Wildman–Crippen LogP) is 1.73. The molecule has 0 aromatic carbocycles. The van der Waals surface area contributed by atoms with Gasteiger partial charge in [-0.15, -0.1) is 0 Å². The molecule has 0 aromatic heterocycles. The van der Waals surface area contributed by atoms with Crippen molar-refractivity contribution in [3.05, 3.63) is 0 Å². The molecule has 1 unspecified atom stereocenters. The van der Waals surface area contributed by atoms with Crippen molar-refractivity contribution in [2.45, 2.75) is 45.3 Å². The van der Waals surface area contributed by atoms with Crippen LogP contribution in [0.2, 0.25) is 0 Å². The minimum atomic E-state index is -0.790. The molecule has 1 aliphatic carbocycles. The number of rotatable bonds is 1. The highest BCUT2D eigenvalue weighted by molar-refractivity contribution is 4.86. The highest BCUT2D eigenvalue weighted by Gasteiger charge is 2.38. The number of hydrogen-bond acceptors (Lipinski definition) is 3. The van der Waals surface area contributed by atoms with Crippen molar-refractivity contribution in [3.8, 4) is 0 Å². The van der Waals surface area contributed by atoms with E-state index in [0.717, 1.165) is 25.7 Å². The molecule has 11 heavy (non-hydrogen) atoms. The van der Waals surface area contributed by atoms with Gasteiger partial charge >= 0.3 is 0 Å². The first-order chi connectivity index (χ1) is 4.97. The van der Waals surface area contributed by atoms with Crippen LogP contribution < -0.4 is 5.73 Å². The smallest absolute Gasteiger partial charge is 0.152 e. The van der Waals surface area contributed by atoms with Crippen LogP contribution in [-0.4, -0.2) is 11.0 Å². The van der Waals surface area contributed by atoms with Gasteiger partial charge in [-0.05, 0) is 31.1 Å². The summed E-state index contributed by atoms with van der Waals surface area (Å²) in [6.07, 6.45) is 3.68. The van der Waals surface area contributed by atoms with Crippen LogP contribution in [-0.2, 0) is 4.89 Å². The van der Waals surface area contributed by atoms with E-state index in [4.69, 9.17) is 11.0 Å². The maximum absolute atomic E-state index is 8.56. The minimum absolute atomic E-state index is 0.204. The van der Waals surface area contributed by atoms with Crippen molar-refractivity contribution in [3.63, 3.8) is 0 Å². The summed E-state index contributed by atoms with van der Waals surface area (Å²) < 4.78 is 0. The van der Waals surface area contributed by atoms with Gasteiger partial charge in [0.15, 0.2) is 5.72 Å². The summed E-state index contributed by atoms with van der Waals surface area (Å²) in [7, 11) is 0. The fourth-order valence-corrected chi connectivity index (χ4v) is 1.93. The Kier molecular flexibility index (Phi) is 2.23. The maximum Gasteiger partial charge on any atom is 0.152 e. The molecule has 1 rings (SSSR count). The second kappa shape index (κ2) is 2.73. The minimum Gasteiger partial charge on any atom is -0.301 e. The first-order valence-corrected chi connectivity index (χ1v) is 4.09. The summed E-state index contributed by atoms with van der Waals surface area (Å²) in [4.78, 5) is 4.29. The first-order valence-electron chi connectivity index (χ1n) is 4.09. The molecule has 0 spiro atoms. The largest absolute Gasteiger partial charge is 0.301 e. The average Bonchev–Trinajstić information content (AvgIpc) is 1.85. The highest BCUT2D eigenvalue weighted by atomic mass is 17.1. The molecule has 3 heteroatoms. The number of nitrogens with two attached hydrogens (primary N) is 1. The number of hydrogen-bond donors (Lipinski definition) is 2. The Bertz CT molecular complexity index is 147. The van der Waals surface area contributed by atoms with Crippen molar-refractivity contribution < 1.29 is 10.1 Å². The zero-order valence-corrected chi connectivity index (χ0v) is 7.26. The second-order valence-electron chi connectivity index (χ2n) is 4.35. The van der Waals surface area contributed by atoms with E-state index in [1.807, 2.05) is 0 Å². The summed E-state index contributed by atoms with van der Waals surface area (Å²) in [6, 6.07) is 0. The molecular weight excluding hydrogens is 142 g/mol. The lowest BCUT2D eigenvalue weighted by atomic mass is 9.73. The summed E-state index contributed by atoms with van der Waals surface area (Å²) in [5, 5.41) is 8.56. The Balaban J connectivity index is 2.59. The maximum atomic E-state index is 8.56. The van der Waals surface area contributed by atoms with Gasteiger partial charge in [0.25, 0.3) is 0 Å². The first kappa shape index (κ1) is 8.97. The third-order valence-corrected chi connectivity index (χ3v) is 2.41. The Morgan fingerprint density at radius 1 is 1.36 bits per heavy atom. The lowest BCUT2D eigenvalue weighted by Crippen LogP contribution is -2.48. The van der Waals surface area contributed by atoms with Crippen LogP contribution in [0.1, 0.15) is 39.5 Å². The van der Waals surface area contributed by atoms with E-state index in [1.54, 1.807) is 0 Å². The standard InChI is InChI=1S/C8H17NO2/c1-7(2)4-3-5-8(9,6-7)11-10/h10H,3-6,9H2,1-2H3. The Morgan fingerprint density at radius 3 is 2.36 bits per heavy atom. The van der Waals surface area contributed by atoms with Crippen molar-refractivity contribution in [1.29, 1.82) is 0 Å². The summed E-state index contributed by atoms with van der Waals surface area (Å²) in [6.45, 7) is 4.29. The lowest BCUT2D eigenvalue weighted by Gasteiger charge is -2.39. The Morgan fingerprint density at radius 2 is 2.00 bits per heavy atom. The average molecular weight is 159 g/mol. The third kappa shape index (κ3) is 2.15. The molecule has 0 saturated heterocycles. The van der Waals surface area contributed by atoms with E-state index in [9.17, 15) is 0 Å². The monoisotopic (exact) mass is 159 g/mol. The van der Waals surface area contributed by atoms with Crippen LogP contribution in [0.4, 0.5) is 0 Å². The molecule has 0 aliphatic heterocycles. The van der Waals surface area contributed by atoms with Crippen LogP contribution in [0, 0.1) is 5.41 Å². The molecule has 1 atom stereocenters. The molecule has 0 aromatic rings. The van der Waals surface area contributed by atoms with Crippen molar-refractivity contribution in [2.75, 3.05) is 0 Å². The quantitative estimate of drug-likeness (QED) is 0.348. The van der Waals surface area contributed by atoms with Gasteiger partial charge in [-0.25, -0.2) is 10.1 Å². The van der Waals surface area contributed by atoms with E-state index >= 15 is 0 Å². The van der Waals surface area contributed by atoms with E-state index in [0.29, 0.717) is 0 Å². The second-order valence-corrected chi connectivity index (χ2v) is 4.35. The Labute approximate surface area is 67.5 Å². The highest BCUT2D eigenvalue weighted by Crippen LogP contribution is 2.39. The normalized spacial score (nSPS) is 37.1. The molecule has 0 radical (unpaired) electrons. The van der Waals surface area contributed by atoms with Gasteiger partial charge in [0, 0.05) is 0 Å².